The summed E-state index contributed by atoms with van der Waals surface area (Å²) < 4.78 is 5.25. The quantitative estimate of drug-likeness (QED) is 0.717. The molecule has 0 spiro atoms. The fraction of sp³-hybridized carbons (Fsp3) is 0.231. The number of aryl methyl sites for hydroxylation is 1. The SMILES string of the molecule is COC1=CC=C2C(=Nc3c2ccnc3C)C1. The van der Waals surface area contributed by atoms with E-state index in [2.05, 4.69) is 16.1 Å². The van der Waals surface area contributed by atoms with Gasteiger partial charge in [-0.2, -0.15) is 0 Å². The van der Waals surface area contributed by atoms with Gasteiger partial charge in [0, 0.05) is 23.8 Å². The summed E-state index contributed by atoms with van der Waals surface area (Å²) in [5.74, 6) is 0.959. The average molecular weight is 212 g/mol. The highest BCUT2D eigenvalue weighted by atomic mass is 16.5. The number of rotatable bonds is 1. The maximum Gasteiger partial charge on any atom is 0.101 e. The standard InChI is InChI=1S/C13H12N2O/c1-8-13-11(5-6-14-8)10-4-3-9(16-2)7-12(10)15-13/h3-6H,7H2,1-2H3. The summed E-state index contributed by atoms with van der Waals surface area (Å²) >= 11 is 0. The molecule has 0 saturated carbocycles. The highest BCUT2D eigenvalue weighted by molar-refractivity contribution is 6.30. The average Bonchev–Trinajstić information content (AvgIpc) is 2.68. The third-order valence-electron chi connectivity index (χ3n) is 2.99. The van der Waals surface area contributed by atoms with Crippen molar-refractivity contribution in [3.05, 3.63) is 41.4 Å². The van der Waals surface area contributed by atoms with Crippen LogP contribution in [0.25, 0.3) is 5.57 Å². The predicted octanol–water partition coefficient (Wildman–Crippen LogP) is 2.79. The Kier molecular flexibility index (Phi) is 1.93. The minimum atomic E-state index is 0.774. The first-order valence-corrected chi connectivity index (χ1v) is 5.28. The number of aliphatic imine (C=N–C) groups is 1. The molecule has 2 heterocycles. The van der Waals surface area contributed by atoms with Gasteiger partial charge in [0.25, 0.3) is 0 Å². The lowest BCUT2D eigenvalue weighted by molar-refractivity contribution is 0.287. The smallest absolute Gasteiger partial charge is 0.101 e. The molecule has 1 aliphatic heterocycles. The monoisotopic (exact) mass is 212 g/mol. The Bertz CT molecular complexity index is 553. The molecule has 1 aromatic rings. The molecule has 0 N–H and O–H groups in total. The number of fused-ring (bicyclic) bond motifs is 3. The summed E-state index contributed by atoms with van der Waals surface area (Å²) in [6.45, 7) is 1.99. The molecule has 2 aliphatic rings. The van der Waals surface area contributed by atoms with Crippen LogP contribution >= 0.6 is 0 Å². The Labute approximate surface area is 94.2 Å². The van der Waals surface area contributed by atoms with E-state index in [-0.39, 0.29) is 0 Å². The van der Waals surface area contributed by atoms with Crippen LogP contribution in [0.1, 0.15) is 17.7 Å². The maximum absolute atomic E-state index is 5.25. The Balaban J connectivity index is 2.14. The second-order valence-corrected chi connectivity index (χ2v) is 3.95. The normalized spacial score (nSPS) is 17.0. The van der Waals surface area contributed by atoms with Crippen LogP contribution < -0.4 is 0 Å². The summed E-state index contributed by atoms with van der Waals surface area (Å²) in [5, 5.41) is 0. The van der Waals surface area contributed by atoms with Crippen LogP contribution in [0.3, 0.4) is 0 Å². The van der Waals surface area contributed by atoms with Crippen molar-refractivity contribution in [2.75, 3.05) is 7.11 Å². The molecule has 3 rings (SSSR count). The van der Waals surface area contributed by atoms with Crippen molar-refractivity contribution >= 4 is 17.0 Å². The van der Waals surface area contributed by atoms with E-state index in [1.807, 2.05) is 25.3 Å². The highest BCUT2D eigenvalue weighted by Crippen LogP contribution is 2.39. The van der Waals surface area contributed by atoms with Crippen molar-refractivity contribution in [3.63, 3.8) is 0 Å². The zero-order valence-corrected chi connectivity index (χ0v) is 9.32. The number of hydrogen-bond acceptors (Lipinski definition) is 3. The van der Waals surface area contributed by atoms with Gasteiger partial charge < -0.3 is 4.74 Å². The Morgan fingerprint density at radius 2 is 2.19 bits per heavy atom. The largest absolute Gasteiger partial charge is 0.501 e. The Hall–Kier alpha value is -1.90. The highest BCUT2D eigenvalue weighted by Gasteiger charge is 2.25. The lowest BCUT2D eigenvalue weighted by atomic mass is 9.97. The molecule has 0 amide bonds. The molecule has 0 radical (unpaired) electrons. The van der Waals surface area contributed by atoms with Crippen molar-refractivity contribution in [3.8, 4) is 0 Å². The molecule has 0 atom stereocenters. The minimum Gasteiger partial charge on any atom is -0.501 e. The van der Waals surface area contributed by atoms with Crippen molar-refractivity contribution in [1.29, 1.82) is 0 Å². The molecule has 0 aromatic carbocycles. The van der Waals surface area contributed by atoms with Gasteiger partial charge in [-0.05, 0) is 25.1 Å². The Morgan fingerprint density at radius 3 is 3.00 bits per heavy atom. The van der Waals surface area contributed by atoms with Crippen molar-refractivity contribution in [2.45, 2.75) is 13.3 Å². The van der Waals surface area contributed by atoms with E-state index in [0.717, 1.165) is 29.3 Å². The van der Waals surface area contributed by atoms with E-state index in [4.69, 9.17) is 4.74 Å². The number of methoxy groups -OCH3 is 1. The lowest BCUT2D eigenvalue weighted by Gasteiger charge is -2.11. The van der Waals surface area contributed by atoms with Crippen molar-refractivity contribution in [2.24, 2.45) is 4.99 Å². The minimum absolute atomic E-state index is 0.774. The fourth-order valence-electron chi connectivity index (χ4n) is 2.13. The zero-order chi connectivity index (χ0) is 11.1. The van der Waals surface area contributed by atoms with Gasteiger partial charge in [-0.3, -0.25) is 4.98 Å². The third-order valence-corrected chi connectivity index (χ3v) is 2.99. The molecule has 80 valence electrons. The van der Waals surface area contributed by atoms with E-state index in [1.54, 1.807) is 7.11 Å². The molecular formula is C13H12N2O. The van der Waals surface area contributed by atoms with Gasteiger partial charge in [0.05, 0.1) is 24.2 Å². The summed E-state index contributed by atoms with van der Waals surface area (Å²) in [7, 11) is 1.69. The molecule has 0 bridgehead atoms. The number of nitrogens with zero attached hydrogens (tertiary/aromatic N) is 2. The lowest BCUT2D eigenvalue weighted by Crippen LogP contribution is -2.04. The number of allylic oxidation sites excluding steroid dienone is 4. The molecule has 1 aromatic heterocycles. The van der Waals surface area contributed by atoms with Gasteiger partial charge in [0.2, 0.25) is 0 Å². The van der Waals surface area contributed by atoms with Gasteiger partial charge in [-0.25, -0.2) is 4.99 Å². The second kappa shape index (κ2) is 3.30. The summed E-state index contributed by atoms with van der Waals surface area (Å²) in [5.41, 5.74) is 5.48. The van der Waals surface area contributed by atoms with Gasteiger partial charge in [0.15, 0.2) is 0 Å². The van der Waals surface area contributed by atoms with E-state index in [1.165, 1.54) is 11.1 Å². The van der Waals surface area contributed by atoms with Gasteiger partial charge in [-0.15, -0.1) is 0 Å². The van der Waals surface area contributed by atoms with Crippen molar-refractivity contribution in [1.82, 2.24) is 4.98 Å². The van der Waals surface area contributed by atoms with Crippen LogP contribution in [-0.2, 0) is 4.74 Å². The van der Waals surface area contributed by atoms with Crippen LogP contribution in [0.2, 0.25) is 0 Å². The Morgan fingerprint density at radius 1 is 1.31 bits per heavy atom. The van der Waals surface area contributed by atoms with Crippen LogP contribution in [0, 0.1) is 6.92 Å². The maximum atomic E-state index is 5.25. The predicted molar refractivity (Wildman–Crippen MR) is 63.8 cm³/mol. The van der Waals surface area contributed by atoms with Crippen LogP contribution in [0.5, 0.6) is 0 Å². The molecule has 3 heteroatoms. The first kappa shape index (κ1) is 9.33. The topological polar surface area (TPSA) is 34.5 Å². The molecule has 0 fully saturated rings. The van der Waals surface area contributed by atoms with Crippen LogP contribution in [0.15, 0.2) is 35.2 Å². The van der Waals surface area contributed by atoms with Crippen LogP contribution in [0.4, 0.5) is 5.69 Å². The summed E-state index contributed by atoms with van der Waals surface area (Å²) in [6.07, 6.45) is 6.70. The van der Waals surface area contributed by atoms with E-state index in [9.17, 15) is 0 Å². The van der Waals surface area contributed by atoms with E-state index in [0.29, 0.717) is 0 Å². The summed E-state index contributed by atoms with van der Waals surface area (Å²) in [4.78, 5) is 8.90. The first-order valence-electron chi connectivity index (χ1n) is 5.28. The number of hydrogen-bond donors (Lipinski definition) is 0. The second-order valence-electron chi connectivity index (χ2n) is 3.95. The first-order chi connectivity index (χ1) is 7.79. The molecule has 0 saturated heterocycles. The van der Waals surface area contributed by atoms with Crippen LogP contribution in [-0.4, -0.2) is 17.8 Å². The van der Waals surface area contributed by atoms with E-state index >= 15 is 0 Å². The molecule has 16 heavy (non-hydrogen) atoms. The van der Waals surface area contributed by atoms with Gasteiger partial charge >= 0.3 is 0 Å². The molecule has 3 nitrogen and oxygen atoms in total. The third kappa shape index (κ3) is 1.21. The van der Waals surface area contributed by atoms with Gasteiger partial charge in [-0.1, -0.05) is 0 Å². The van der Waals surface area contributed by atoms with E-state index < -0.39 is 0 Å². The zero-order valence-electron chi connectivity index (χ0n) is 9.32. The molecule has 0 unspecified atom stereocenters. The fourth-order valence-corrected chi connectivity index (χ4v) is 2.13. The number of aromatic nitrogens is 1. The van der Waals surface area contributed by atoms with Crippen molar-refractivity contribution < 1.29 is 4.74 Å². The van der Waals surface area contributed by atoms with Gasteiger partial charge in [0.1, 0.15) is 5.76 Å². The molecule has 1 aliphatic carbocycles. The molecular weight excluding hydrogens is 200 g/mol. The number of ether oxygens (including phenoxy) is 1. The summed E-state index contributed by atoms with van der Waals surface area (Å²) in [6, 6.07) is 2.02. The number of pyridine rings is 1.